The van der Waals surface area contributed by atoms with Gasteiger partial charge in [-0.1, -0.05) is 30.3 Å². The van der Waals surface area contributed by atoms with Gasteiger partial charge in [-0.05, 0) is 11.5 Å². The van der Waals surface area contributed by atoms with Crippen LogP contribution in [-0.2, 0) is 0 Å². The summed E-state index contributed by atoms with van der Waals surface area (Å²) in [5, 5.41) is 0.567. The second-order valence-electron chi connectivity index (χ2n) is 4.89. The van der Waals surface area contributed by atoms with E-state index in [9.17, 15) is 35.5 Å². The summed E-state index contributed by atoms with van der Waals surface area (Å²) in [6.07, 6.45) is -6.21. The van der Waals surface area contributed by atoms with Crippen LogP contribution in [0, 0.1) is 0 Å². The van der Waals surface area contributed by atoms with Crippen LogP contribution in [0.3, 0.4) is 0 Å². The number of rotatable bonds is 5. The molecule has 9 heteroatoms. The first kappa shape index (κ1) is 18.0. The fourth-order valence-corrected chi connectivity index (χ4v) is 1.97. The van der Waals surface area contributed by atoms with Gasteiger partial charge in [0.2, 0.25) is 0 Å². The lowest BCUT2D eigenvalue weighted by atomic mass is 10.1. The van der Waals surface area contributed by atoms with Gasteiger partial charge < -0.3 is 4.74 Å². The van der Waals surface area contributed by atoms with Gasteiger partial charge in [-0.3, -0.25) is 4.79 Å². The fraction of sp³-hybridized carbons (Fsp3) is 0.267. The summed E-state index contributed by atoms with van der Waals surface area (Å²) in [5.41, 5.74) is -0.250. The average molecular weight is 354 g/mol. The first-order valence-electron chi connectivity index (χ1n) is 6.43. The highest BCUT2D eigenvalue weighted by Crippen LogP contribution is 2.46. The first-order chi connectivity index (χ1) is 11.0. The van der Waals surface area contributed by atoms with E-state index in [4.69, 9.17) is 0 Å². The van der Waals surface area contributed by atoms with Gasteiger partial charge in [-0.15, -0.1) is 0 Å². The molecule has 0 bridgehead atoms. The lowest BCUT2D eigenvalue weighted by Gasteiger charge is -2.28. The van der Waals surface area contributed by atoms with E-state index in [0.717, 1.165) is 0 Å². The van der Waals surface area contributed by atoms with Crippen LogP contribution in [0.25, 0.3) is 10.8 Å². The van der Waals surface area contributed by atoms with Crippen LogP contribution in [-0.4, -0.2) is 30.9 Å². The minimum Gasteiger partial charge on any atom is -0.486 e. The molecule has 0 unspecified atom stereocenters. The van der Waals surface area contributed by atoms with Gasteiger partial charge in [0.05, 0.1) is 5.56 Å². The molecule has 0 radical (unpaired) electrons. The molecule has 0 amide bonds. The van der Waals surface area contributed by atoms with E-state index in [0.29, 0.717) is 5.39 Å². The number of hydrogen-bond donors (Lipinski definition) is 0. The van der Waals surface area contributed by atoms with Gasteiger partial charge in [0.1, 0.15) is 5.75 Å². The SMILES string of the molecule is O=Cc1ccc2ccccc2c1OCC(F)(F)C(F)(F)C(F)(F)F. The third kappa shape index (κ3) is 3.02. The molecule has 0 aliphatic carbocycles. The third-order valence-corrected chi connectivity index (χ3v) is 3.25. The van der Waals surface area contributed by atoms with E-state index in [1.807, 2.05) is 0 Å². The fourth-order valence-electron chi connectivity index (χ4n) is 1.97. The van der Waals surface area contributed by atoms with Crippen molar-refractivity contribution in [2.45, 2.75) is 18.0 Å². The number of benzene rings is 2. The third-order valence-electron chi connectivity index (χ3n) is 3.25. The molecular weight excluding hydrogens is 345 g/mol. The molecule has 0 heterocycles. The molecule has 0 aliphatic rings. The number of ether oxygens (including phenoxy) is 1. The zero-order valence-corrected chi connectivity index (χ0v) is 11.7. The van der Waals surface area contributed by atoms with Crippen molar-refractivity contribution >= 4 is 17.1 Å². The number of alkyl halides is 7. The van der Waals surface area contributed by atoms with Crippen LogP contribution >= 0.6 is 0 Å². The minimum absolute atomic E-state index is 0.133. The predicted molar refractivity (Wildman–Crippen MR) is 70.8 cm³/mol. The summed E-state index contributed by atoms with van der Waals surface area (Å²) >= 11 is 0. The molecule has 2 aromatic rings. The van der Waals surface area contributed by atoms with Crippen LogP contribution in [0.4, 0.5) is 30.7 Å². The maximum absolute atomic E-state index is 13.3. The lowest BCUT2D eigenvalue weighted by molar-refractivity contribution is -0.358. The van der Waals surface area contributed by atoms with Crippen molar-refractivity contribution in [1.82, 2.24) is 0 Å². The zero-order chi connectivity index (χ0) is 18.2. The van der Waals surface area contributed by atoms with Crippen molar-refractivity contribution in [3.8, 4) is 5.75 Å². The molecule has 0 spiro atoms. The second-order valence-corrected chi connectivity index (χ2v) is 4.89. The molecule has 0 saturated heterocycles. The highest BCUT2D eigenvalue weighted by molar-refractivity contribution is 5.96. The normalized spacial score (nSPS) is 13.1. The maximum atomic E-state index is 13.3. The summed E-state index contributed by atoms with van der Waals surface area (Å²) in [6, 6.07) is 8.57. The number of carbonyl (C=O) groups excluding carboxylic acids is 1. The van der Waals surface area contributed by atoms with Crippen LogP contribution in [0.1, 0.15) is 10.4 Å². The van der Waals surface area contributed by atoms with Crippen molar-refractivity contribution < 1.29 is 40.3 Å². The second kappa shape index (κ2) is 5.95. The Morgan fingerprint density at radius 3 is 2.12 bits per heavy atom. The largest absolute Gasteiger partial charge is 0.486 e. The Labute approximate surface area is 130 Å². The Kier molecular flexibility index (Phi) is 4.47. The molecule has 0 saturated carbocycles. The first-order valence-corrected chi connectivity index (χ1v) is 6.43. The molecule has 2 aromatic carbocycles. The maximum Gasteiger partial charge on any atom is 0.460 e. The standard InChI is InChI=1S/C15H9F7O2/c16-13(17,14(18,19)15(20,21)22)8-24-12-10(7-23)6-5-9-3-1-2-4-11(9)12/h1-7H,8H2. The van der Waals surface area contributed by atoms with Crippen molar-refractivity contribution in [2.75, 3.05) is 6.61 Å². The Bertz CT molecular complexity index is 753. The molecule has 24 heavy (non-hydrogen) atoms. The van der Waals surface area contributed by atoms with Crippen molar-refractivity contribution in [3.05, 3.63) is 42.0 Å². The number of carbonyl (C=O) groups is 1. The van der Waals surface area contributed by atoms with Gasteiger partial charge >= 0.3 is 18.0 Å². The molecular formula is C15H9F7O2. The summed E-state index contributed by atoms with van der Waals surface area (Å²) in [4.78, 5) is 11.0. The van der Waals surface area contributed by atoms with Crippen molar-refractivity contribution in [2.24, 2.45) is 0 Å². The van der Waals surface area contributed by atoms with Crippen LogP contribution < -0.4 is 4.74 Å². The van der Waals surface area contributed by atoms with Crippen molar-refractivity contribution in [3.63, 3.8) is 0 Å². The number of fused-ring (bicyclic) bond motifs is 1. The van der Waals surface area contributed by atoms with E-state index in [1.165, 1.54) is 30.3 Å². The lowest BCUT2D eigenvalue weighted by Crippen LogP contribution is -2.54. The van der Waals surface area contributed by atoms with Gasteiger partial charge in [0, 0.05) is 5.39 Å². The molecule has 0 atom stereocenters. The summed E-state index contributed by atoms with van der Waals surface area (Å²) in [5.74, 6) is -12.3. The highest BCUT2D eigenvalue weighted by atomic mass is 19.4. The Morgan fingerprint density at radius 1 is 0.917 bits per heavy atom. The summed E-state index contributed by atoms with van der Waals surface area (Å²) < 4.78 is 93.3. The molecule has 130 valence electrons. The Morgan fingerprint density at radius 2 is 1.54 bits per heavy atom. The summed E-state index contributed by atoms with van der Waals surface area (Å²) in [6.45, 7) is -2.24. The summed E-state index contributed by atoms with van der Waals surface area (Å²) in [7, 11) is 0. The predicted octanol–water partition coefficient (Wildman–Crippen LogP) is 4.86. The van der Waals surface area contributed by atoms with E-state index in [2.05, 4.69) is 4.74 Å². The minimum atomic E-state index is -6.44. The zero-order valence-electron chi connectivity index (χ0n) is 11.7. The van der Waals surface area contributed by atoms with Crippen LogP contribution in [0.2, 0.25) is 0 Å². The van der Waals surface area contributed by atoms with Crippen molar-refractivity contribution in [1.29, 1.82) is 0 Å². The van der Waals surface area contributed by atoms with Gasteiger partial charge in [-0.25, -0.2) is 0 Å². The quantitative estimate of drug-likeness (QED) is 0.566. The topological polar surface area (TPSA) is 26.3 Å². The van der Waals surface area contributed by atoms with E-state index in [-0.39, 0.29) is 17.2 Å². The number of aldehydes is 1. The number of halogens is 7. The molecule has 2 nitrogen and oxygen atoms in total. The highest BCUT2D eigenvalue weighted by Gasteiger charge is 2.73. The van der Waals surface area contributed by atoms with Gasteiger partial charge in [0.25, 0.3) is 0 Å². The smallest absolute Gasteiger partial charge is 0.460 e. The van der Waals surface area contributed by atoms with E-state index in [1.54, 1.807) is 6.07 Å². The van der Waals surface area contributed by atoms with Gasteiger partial charge in [-0.2, -0.15) is 30.7 Å². The molecule has 0 aliphatic heterocycles. The Balaban J connectivity index is 2.38. The van der Waals surface area contributed by atoms with Gasteiger partial charge in [0.15, 0.2) is 12.9 Å². The molecule has 0 N–H and O–H groups in total. The molecule has 0 fully saturated rings. The Hall–Kier alpha value is -2.32. The van der Waals surface area contributed by atoms with E-state index < -0.39 is 30.4 Å². The molecule has 2 rings (SSSR count). The average Bonchev–Trinajstić information content (AvgIpc) is 2.51. The van der Waals surface area contributed by atoms with Crippen LogP contribution in [0.15, 0.2) is 36.4 Å². The monoisotopic (exact) mass is 354 g/mol. The molecule has 0 aromatic heterocycles. The van der Waals surface area contributed by atoms with E-state index >= 15 is 0 Å². The number of hydrogen-bond acceptors (Lipinski definition) is 2. The van der Waals surface area contributed by atoms with Crippen LogP contribution in [0.5, 0.6) is 5.75 Å².